The van der Waals surface area contributed by atoms with Crippen LogP contribution in [0.15, 0.2) is 107 Å². The van der Waals surface area contributed by atoms with Gasteiger partial charge in [0.25, 0.3) is 20.0 Å². The van der Waals surface area contributed by atoms with Gasteiger partial charge in [0.2, 0.25) is 5.91 Å². The van der Waals surface area contributed by atoms with Gasteiger partial charge in [0.15, 0.2) is 0 Å². The summed E-state index contributed by atoms with van der Waals surface area (Å²) in [6.07, 6.45) is -4.74. The van der Waals surface area contributed by atoms with Crippen molar-refractivity contribution in [1.82, 2.24) is 0 Å². The summed E-state index contributed by atoms with van der Waals surface area (Å²) in [6, 6.07) is 21.0. The van der Waals surface area contributed by atoms with E-state index < -0.39 is 44.2 Å². The number of benzene rings is 4. The molecule has 0 fully saturated rings. The van der Waals surface area contributed by atoms with E-state index >= 15 is 0 Å². The second-order valence-corrected chi connectivity index (χ2v) is 12.9. The predicted molar refractivity (Wildman–Crippen MR) is 154 cm³/mol. The number of halogens is 3. The Morgan fingerprint density at radius 3 is 2.07 bits per heavy atom. The minimum Gasteiger partial charge on any atom is -0.325 e. The molecule has 4 aromatic rings. The fourth-order valence-corrected chi connectivity index (χ4v) is 6.62. The molecule has 8 nitrogen and oxygen atoms in total. The monoisotopic (exact) mass is 617 g/mol. The Bertz CT molecular complexity index is 1810. The topological polar surface area (TPSA) is 113 Å². The van der Waals surface area contributed by atoms with Crippen LogP contribution in [0.1, 0.15) is 16.7 Å². The van der Waals surface area contributed by atoms with Crippen LogP contribution in [0.2, 0.25) is 0 Å². The summed E-state index contributed by atoms with van der Waals surface area (Å²) in [4.78, 5) is 12.7. The van der Waals surface area contributed by atoms with Crippen LogP contribution in [-0.2, 0) is 31.0 Å². The summed E-state index contributed by atoms with van der Waals surface area (Å²) in [5, 5.41) is 2.47. The largest absolute Gasteiger partial charge is 0.416 e. The van der Waals surface area contributed by atoms with Crippen molar-refractivity contribution in [3.63, 3.8) is 0 Å². The highest BCUT2D eigenvalue weighted by molar-refractivity contribution is 7.93. The van der Waals surface area contributed by atoms with Gasteiger partial charge in [0, 0.05) is 5.69 Å². The Hall–Kier alpha value is -4.36. The van der Waals surface area contributed by atoms with E-state index in [0.29, 0.717) is 16.1 Å². The molecule has 0 bridgehead atoms. The zero-order valence-corrected chi connectivity index (χ0v) is 24.0. The Balaban J connectivity index is 1.56. The Labute approximate surface area is 241 Å². The molecular formula is C29H26F3N3O5S2. The first-order chi connectivity index (χ1) is 19.7. The molecule has 0 aromatic heterocycles. The van der Waals surface area contributed by atoms with Crippen LogP contribution in [0.5, 0.6) is 0 Å². The van der Waals surface area contributed by atoms with Crippen LogP contribution in [0.25, 0.3) is 0 Å². The first-order valence-electron chi connectivity index (χ1n) is 12.4. The van der Waals surface area contributed by atoms with Gasteiger partial charge in [-0.1, -0.05) is 42.0 Å². The summed E-state index contributed by atoms with van der Waals surface area (Å²) in [7, 11) is -8.41. The van der Waals surface area contributed by atoms with E-state index in [4.69, 9.17) is 0 Å². The van der Waals surface area contributed by atoms with Crippen LogP contribution < -0.4 is 14.3 Å². The first kappa shape index (κ1) is 30.6. The van der Waals surface area contributed by atoms with Gasteiger partial charge >= 0.3 is 6.18 Å². The third kappa shape index (κ3) is 7.09. The summed E-state index contributed by atoms with van der Waals surface area (Å²) >= 11 is 0. The normalized spacial score (nSPS) is 12.0. The number of alkyl halides is 3. The molecule has 4 aromatic carbocycles. The van der Waals surface area contributed by atoms with Crippen molar-refractivity contribution in [1.29, 1.82) is 0 Å². The molecule has 0 aliphatic heterocycles. The highest BCUT2D eigenvalue weighted by Gasteiger charge is 2.33. The van der Waals surface area contributed by atoms with Gasteiger partial charge in [-0.25, -0.2) is 16.8 Å². The third-order valence-electron chi connectivity index (χ3n) is 6.15. The van der Waals surface area contributed by atoms with Crippen LogP contribution in [0.4, 0.5) is 30.2 Å². The third-order valence-corrected chi connectivity index (χ3v) is 9.32. The van der Waals surface area contributed by atoms with Gasteiger partial charge in [-0.2, -0.15) is 13.2 Å². The summed E-state index contributed by atoms with van der Waals surface area (Å²) in [5.41, 5.74) is 0.818. The molecule has 0 heterocycles. The Kier molecular flexibility index (Phi) is 8.64. The van der Waals surface area contributed by atoms with Crippen molar-refractivity contribution >= 4 is 43.0 Å². The zero-order chi connectivity index (χ0) is 30.7. The Morgan fingerprint density at radius 2 is 1.45 bits per heavy atom. The number of amides is 1. The Morgan fingerprint density at radius 1 is 0.786 bits per heavy atom. The number of nitrogens with zero attached hydrogens (tertiary/aromatic N) is 1. The molecule has 13 heteroatoms. The molecule has 0 saturated heterocycles. The molecule has 0 saturated carbocycles. The second kappa shape index (κ2) is 11.9. The molecule has 1 amide bonds. The maximum atomic E-state index is 13.4. The van der Waals surface area contributed by atoms with Gasteiger partial charge in [0.05, 0.1) is 26.7 Å². The standard InChI is InChI=1S/C29H26F3N3O5S2/c1-20-11-16-27(21(2)17-20)34-41(37,38)25-14-12-23(13-15-25)33-28(36)19-35(42(39,40)26-9-4-3-5-10-26)24-8-6-7-22(18-24)29(30,31)32/h3-18,34H,19H2,1-2H3,(H,33,36). The molecular weight excluding hydrogens is 591 g/mol. The predicted octanol–water partition coefficient (Wildman–Crippen LogP) is 5.96. The quantitative estimate of drug-likeness (QED) is 0.241. The minimum absolute atomic E-state index is 0.0854. The van der Waals surface area contributed by atoms with E-state index in [0.717, 1.165) is 29.3 Å². The number of aryl methyl sites for hydroxylation is 2. The number of carbonyl (C=O) groups excluding carboxylic acids is 1. The van der Waals surface area contributed by atoms with E-state index in [1.807, 2.05) is 13.0 Å². The maximum absolute atomic E-state index is 13.4. The number of sulfonamides is 2. The fraction of sp³-hybridized carbons (Fsp3) is 0.138. The lowest BCUT2D eigenvalue weighted by molar-refractivity contribution is -0.137. The number of nitrogens with one attached hydrogen (secondary N) is 2. The van der Waals surface area contributed by atoms with Gasteiger partial charge in [-0.05, 0) is 80.1 Å². The SMILES string of the molecule is Cc1ccc(NS(=O)(=O)c2ccc(NC(=O)CN(c3cccc(C(F)(F)F)c3)S(=O)(=O)c3ccccc3)cc2)c(C)c1. The van der Waals surface area contributed by atoms with E-state index in [2.05, 4.69) is 10.0 Å². The molecule has 0 aliphatic rings. The molecule has 0 unspecified atom stereocenters. The lowest BCUT2D eigenvalue weighted by Crippen LogP contribution is -2.38. The molecule has 220 valence electrons. The van der Waals surface area contributed by atoms with Crippen LogP contribution in [0.3, 0.4) is 0 Å². The van der Waals surface area contributed by atoms with Crippen LogP contribution in [0, 0.1) is 13.8 Å². The van der Waals surface area contributed by atoms with Crippen LogP contribution >= 0.6 is 0 Å². The van der Waals surface area contributed by atoms with Crippen molar-refractivity contribution < 1.29 is 34.8 Å². The van der Waals surface area contributed by atoms with E-state index in [1.54, 1.807) is 25.1 Å². The molecule has 0 aliphatic carbocycles. The van der Waals surface area contributed by atoms with Crippen molar-refractivity contribution in [2.24, 2.45) is 0 Å². The molecule has 0 radical (unpaired) electrons. The van der Waals surface area contributed by atoms with Gasteiger partial charge in [-0.3, -0.25) is 13.8 Å². The molecule has 4 rings (SSSR count). The van der Waals surface area contributed by atoms with Gasteiger partial charge in [0.1, 0.15) is 6.54 Å². The number of carbonyl (C=O) groups is 1. The van der Waals surface area contributed by atoms with Crippen molar-refractivity contribution in [2.45, 2.75) is 29.8 Å². The summed E-state index contributed by atoms with van der Waals surface area (Å²) in [6.45, 7) is 2.80. The lowest BCUT2D eigenvalue weighted by atomic mass is 10.1. The molecule has 42 heavy (non-hydrogen) atoms. The minimum atomic E-state index is -4.74. The lowest BCUT2D eigenvalue weighted by Gasteiger charge is -2.25. The molecule has 0 spiro atoms. The van der Waals surface area contributed by atoms with E-state index in [-0.39, 0.29) is 21.2 Å². The number of anilines is 3. The van der Waals surface area contributed by atoms with Gasteiger partial charge < -0.3 is 5.32 Å². The van der Waals surface area contributed by atoms with Gasteiger partial charge in [-0.15, -0.1) is 0 Å². The summed E-state index contributed by atoms with van der Waals surface area (Å²) in [5.74, 6) is -0.865. The maximum Gasteiger partial charge on any atom is 0.416 e. The highest BCUT2D eigenvalue weighted by atomic mass is 32.2. The van der Waals surface area contributed by atoms with E-state index in [1.165, 1.54) is 48.5 Å². The second-order valence-electron chi connectivity index (χ2n) is 9.37. The number of rotatable bonds is 9. The van der Waals surface area contributed by atoms with Crippen molar-refractivity contribution in [2.75, 3.05) is 20.9 Å². The van der Waals surface area contributed by atoms with Crippen LogP contribution in [-0.4, -0.2) is 29.3 Å². The average molecular weight is 618 g/mol. The zero-order valence-electron chi connectivity index (χ0n) is 22.4. The number of hydrogen-bond donors (Lipinski definition) is 2. The average Bonchev–Trinajstić information content (AvgIpc) is 2.93. The first-order valence-corrected chi connectivity index (χ1v) is 15.3. The highest BCUT2D eigenvalue weighted by Crippen LogP contribution is 2.33. The molecule has 2 N–H and O–H groups in total. The molecule has 0 atom stereocenters. The van der Waals surface area contributed by atoms with E-state index in [9.17, 15) is 34.8 Å². The smallest absolute Gasteiger partial charge is 0.325 e. The van der Waals surface area contributed by atoms with Crippen molar-refractivity contribution in [3.05, 3.63) is 114 Å². The number of hydrogen-bond acceptors (Lipinski definition) is 5. The van der Waals surface area contributed by atoms with Crippen molar-refractivity contribution in [3.8, 4) is 0 Å². The fourth-order valence-electron chi connectivity index (χ4n) is 4.05. The summed E-state index contributed by atoms with van der Waals surface area (Å²) < 4.78 is 95.8.